The number of aliphatic carboxylic acids is 1. The van der Waals surface area contributed by atoms with Crippen LogP contribution in [0.2, 0.25) is 0 Å². The molecule has 35 heavy (non-hydrogen) atoms. The van der Waals surface area contributed by atoms with Gasteiger partial charge >= 0.3 is 12.1 Å². The Kier molecular flexibility index (Phi) is 7.55. The zero-order valence-electron chi connectivity index (χ0n) is 19.8. The average Bonchev–Trinajstić information content (AvgIpc) is 3.20. The van der Waals surface area contributed by atoms with Gasteiger partial charge in [0, 0.05) is 24.4 Å². The molecule has 3 aromatic carbocycles. The van der Waals surface area contributed by atoms with Crippen LogP contribution in [0.5, 0.6) is 11.5 Å². The maximum Gasteiger partial charge on any atom is 0.407 e. The Hall–Kier alpha value is -4.00. The van der Waals surface area contributed by atoms with E-state index in [9.17, 15) is 14.7 Å². The molecule has 7 nitrogen and oxygen atoms in total. The van der Waals surface area contributed by atoms with Crippen molar-refractivity contribution in [1.82, 2.24) is 5.32 Å². The molecule has 182 valence electrons. The molecule has 0 fully saturated rings. The van der Waals surface area contributed by atoms with Gasteiger partial charge in [-0.05, 0) is 46.7 Å². The van der Waals surface area contributed by atoms with E-state index in [1.54, 1.807) is 26.4 Å². The molecule has 0 heterocycles. The van der Waals surface area contributed by atoms with Crippen LogP contribution in [0.1, 0.15) is 35.4 Å². The van der Waals surface area contributed by atoms with Crippen LogP contribution >= 0.6 is 0 Å². The van der Waals surface area contributed by atoms with Gasteiger partial charge in [0.2, 0.25) is 0 Å². The first-order valence-corrected chi connectivity index (χ1v) is 11.5. The maximum absolute atomic E-state index is 12.8. The number of hydrogen-bond acceptors (Lipinski definition) is 5. The molecule has 0 spiro atoms. The molecule has 1 atom stereocenters. The van der Waals surface area contributed by atoms with Crippen molar-refractivity contribution in [3.63, 3.8) is 0 Å². The quantitative estimate of drug-likeness (QED) is 0.428. The summed E-state index contributed by atoms with van der Waals surface area (Å²) in [6, 6.07) is 21.3. The molecule has 0 aromatic heterocycles. The van der Waals surface area contributed by atoms with E-state index in [1.165, 1.54) is 0 Å². The maximum atomic E-state index is 12.8. The first-order chi connectivity index (χ1) is 17.0. The molecule has 0 saturated heterocycles. The van der Waals surface area contributed by atoms with Crippen LogP contribution in [-0.4, -0.2) is 44.0 Å². The smallest absolute Gasteiger partial charge is 0.407 e. The van der Waals surface area contributed by atoms with Gasteiger partial charge in [0.05, 0.1) is 14.2 Å². The van der Waals surface area contributed by atoms with Gasteiger partial charge in [0.25, 0.3) is 0 Å². The topological polar surface area (TPSA) is 94.1 Å². The van der Waals surface area contributed by atoms with Crippen LogP contribution in [-0.2, 0) is 16.0 Å². The van der Waals surface area contributed by atoms with Gasteiger partial charge in [-0.15, -0.1) is 0 Å². The molecule has 1 aliphatic carbocycles. The highest BCUT2D eigenvalue weighted by atomic mass is 16.5. The number of benzene rings is 3. The second-order valence-corrected chi connectivity index (χ2v) is 8.48. The van der Waals surface area contributed by atoms with Crippen molar-refractivity contribution in [2.45, 2.75) is 31.2 Å². The Morgan fingerprint density at radius 3 is 2.20 bits per heavy atom. The van der Waals surface area contributed by atoms with Crippen molar-refractivity contribution in [3.8, 4) is 22.6 Å². The molecular formula is C28H29NO6. The van der Waals surface area contributed by atoms with Crippen molar-refractivity contribution in [2.75, 3.05) is 20.8 Å². The molecule has 7 heteroatoms. The minimum Gasteiger partial charge on any atom is -0.497 e. The van der Waals surface area contributed by atoms with Crippen molar-refractivity contribution in [2.24, 2.45) is 0 Å². The highest BCUT2D eigenvalue weighted by molar-refractivity contribution is 5.79. The van der Waals surface area contributed by atoms with E-state index in [0.29, 0.717) is 17.9 Å². The number of rotatable bonds is 10. The predicted molar refractivity (Wildman–Crippen MR) is 132 cm³/mol. The number of methoxy groups -OCH3 is 2. The fourth-order valence-corrected chi connectivity index (χ4v) is 4.62. The monoisotopic (exact) mass is 475 g/mol. The SMILES string of the molecule is COc1ccc(CC(CCC(=O)O)NC(=O)OCC2c3ccccc3-c3ccccc32)c(OC)c1. The molecule has 4 rings (SSSR count). The Bertz CT molecular complexity index is 1160. The fourth-order valence-electron chi connectivity index (χ4n) is 4.62. The number of amides is 1. The van der Waals surface area contributed by atoms with E-state index >= 15 is 0 Å². The number of fused-ring (bicyclic) bond motifs is 3. The summed E-state index contributed by atoms with van der Waals surface area (Å²) in [4.78, 5) is 24.0. The lowest BCUT2D eigenvalue weighted by Crippen LogP contribution is -2.38. The Labute approximate surface area is 204 Å². The molecule has 1 unspecified atom stereocenters. The zero-order valence-corrected chi connectivity index (χ0v) is 19.8. The molecule has 1 aliphatic rings. The number of carboxylic acid groups (broad SMARTS) is 1. The van der Waals surface area contributed by atoms with Crippen LogP contribution in [0.25, 0.3) is 11.1 Å². The van der Waals surface area contributed by atoms with E-state index in [4.69, 9.17) is 14.2 Å². The summed E-state index contributed by atoms with van der Waals surface area (Å²) < 4.78 is 16.4. The van der Waals surface area contributed by atoms with Gasteiger partial charge < -0.3 is 24.6 Å². The number of carbonyl (C=O) groups excluding carboxylic acids is 1. The van der Waals surface area contributed by atoms with Crippen LogP contribution in [0, 0.1) is 0 Å². The number of hydrogen-bond donors (Lipinski definition) is 2. The summed E-state index contributed by atoms with van der Waals surface area (Å²) in [5.41, 5.74) is 5.41. The highest BCUT2D eigenvalue weighted by Crippen LogP contribution is 2.44. The standard InChI is InChI=1S/C28H29NO6/c1-33-20-13-11-18(26(16-20)34-2)15-19(12-14-27(30)31)29-28(32)35-17-25-23-9-5-3-7-21(23)22-8-4-6-10-24(22)25/h3-11,13,16,19,25H,12,14-15,17H2,1-2H3,(H,29,32)(H,30,31). The largest absolute Gasteiger partial charge is 0.497 e. The van der Waals surface area contributed by atoms with Gasteiger partial charge in [-0.3, -0.25) is 4.79 Å². The van der Waals surface area contributed by atoms with Crippen LogP contribution in [0.3, 0.4) is 0 Å². The van der Waals surface area contributed by atoms with Gasteiger partial charge in [0.1, 0.15) is 18.1 Å². The summed E-state index contributed by atoms with van der Waals surface area (Å²) in [5.74, 6) is 0.287. The molecular weight excluding hydrogens is 446 g/mol. The minimum absolute atomic E-state index is 0.0488. The van der Waals surface area contributed by atoms with Crippen LogP contribution in [0.15, 0.2) is 66.7 Å². The van der Waals surface area contributed by atoms with Crippen LogP contribution < -0.4 is 14.8 Å². The fraction of sp³-hybridized carbons (Fsp3) is 0.286. The third-order valence-corrected chi connectivity index (χ3v) is 6.33. The second-order valence-electron chi connectivity index (χ2n) is 8.48. The Morgan fingerprint density at radius 1 is 0.943 bits per heavy atom. The molecule has 2 N–H and O–H groups in total. The van der Waals surface area contributed by atoms with Crippen molar-refractivity contribution in [1.29, 1.82) is 0 Å². The van der Waals surface area contributed by atoms with Crippen LogP contribution in [0.4, 0.5) is 4.79 Å². The summed E-state index contributed by atoms with van der Waals surface area (Å²) >= 11 is 0. The molecule has 0 bridgehead atoms. The normalized spacial score (nSPS) is 12.9. The first-order valence-electron chi connectivity index (χ1n) is 11.5. The number of carboxylic acids is 1. The Balaban J connectivity index is 1.45. The lowest BCUT2D eigenvalue weighted by molar-refractivity contribution is -0.137. The number of nitrogens with one attached hydrogen (secondary N) is 1. The third kappa shape index (κ3) is 5.57. The lowest BCUT2D eigenvalue weighted by atomic mass is 9.98. The predicted octanol–water partition coefficient (Wildman–Crippen LogP) is 5.02. The first kappa shape index (κ1) is 24.1. The summed E-state index contributed by atoms with van der Waals surface area (Å²) in [5, 5.41) is 12.0. The van der Waals surface area contributed by atoms with E-state index in [-0.39, 0.29) is 25.4 Å². The van der Waals surface area contributed by atoms with Crippen molar-refractivity contribution < 1.29 is 28.9 Å². The van der Waals surface area contributed by atoms with E-state index < -0.39 is 18.1 Å². The minimum atomic E-state index is -0.925. The van der Waals surface area contributed by atoms with E-state index in [1.807, 2.05) is 30.3 Å². The number of alkyl carbamates (subject to hydrolysis) is 1. The van der Waals surface area contributed by atoms with E-state index in [2.05, 4.69) is 29.6 Å². The summed E-state index contributed by atoms with van der Waals surface area (Å²) in [6.45, 7) is 0.192. The third-order valence-electron chi connectivity index (χ3n) is 6.33. The van der Waals surface area contributed by atoms with Crippen molar-refractivity contribution in [3.05, 3.63) is 83.4 Å². The van der Waals surface area contributed by atoms with Crippen molar-refractivity contribution >= 4 is 12.1 Å². The molecule has 3 aromatic rings. The number of carbonyl (C=O) groups is 2. The van der Waals surface area contributed by atoms with E-state index in [0.717, 1.165) is 27.8 Å². The lowest BCUT2D eigenvalue weighted by Gasteiger charge is -2.21. The Morgan fingerprint density at radius 2 is 1.60 bits per heavy atom. The second kappa shape index (κ2) is 11.0. The highest BCUT2D eigenvalue weighted by Gasteiger charge is 2.29. The van der Waals surface area contributed by atoms with Gasteiger partial charge in [-0.1, -0.05) is 54.6 Å². The van der Waals surface area contributed by atoms with Gasteiger partial charge in [-0.25, -0.2) is 4.79 Å². The van der Waals surface area contributed by atoms with Gasteiger partial charge in [0.15, 0.2) is 0 Å². The summed E-state index contributed by atoms with van der Waals surface area (Å²) in [6.07, 6.45) is 0.00122. The molecule has 0 saturated carbocycles. The average molecular weight is 476 g/mol. The van der Waals surface area contributed by atoms with Gasteiger partial charge in [-0.2, -0.15) is 0 Å². The molecule has 1 amide bonds. The number of ether oxygens (including phenoxy) is 3. The molecule has 0 radical (unpaired) electrons. The molecule has 0 aliphatic heterocycles. The summed E-state index contributed by atoms with van der Waals surface area (Å²) in [7, 11) is 3.13. The zero-order chi connectivity index (χ0) is 24.8.